The van der Waals surface area contributed by atoms with Crippen molar-refractivity contribution in [1.82, 2.24) is 0 Å². The van der Waals surface area contributed by atoms with Crippen molar-refractivity contribution < 1.29 is 9.84 Å². The van der Waals surface area contributed by atoms with Crippen molar-refractivity contribution in [2.45, 2.75) is 22.8 Å². The molecule has 0 saturated heterocycles. The molecule has 2 rings (SSSR count). The zero-order valence-corrected chi connectivity index (χ0v) is 11.3. The maximum Gasteiger partial charge on any atom is 0.125 e. The van der Waals surface area contributed by atoms with Gasteiger partial charge in [0.15, 0.2) is 0 Å². The van der Waals surface area contributed by atoms with E-state index in [1.165, 1.54) is 0 Å². The molecule has 0 aromatic heterocycles. The molecule has 0 aliphatic heterocycles. The van der Waals surface area contributed by atoms with Gasteiger partial charge in [0, 0.05) is 15.4 Å². The average Bonchev–Trinajstić information content (AvgIpc) is 2.39. The summed E-state index contributed by atoms with van der Waals surface area (Å²) in [5, 5.41) is 9.90. The SMILES string of the molecule is COc1cccc(Sc2ccccc2)c1C(C)O. The summed E-state index contributed by atoms with van der Waals surface area (Å²) in [6.45, 7) is 1.76. The zero-order chi connectivity index (χ0) is 13.0. The molecular formula is C15H16O2S. The lowest BCUT2D eigenvalue weighted by molar-refractivity contribution is 0.191. The highest BCUT2D eigenvalue weighted by molar-refractivity contribution is 7.99. The number of methoxy groups -OCH3 is 1. The van der Waals surface area contributed by atoms with Gasteiger partial charge in [-0.1, -0.05) is 36.0 Å². The molecule has 0 bridgehead atoms. The molecule has 0 saturated carbocycles. The summed E-state index contributed by atoms with van der Waals surface area (Å²) in [5.41, 5.74) is 0.842. The Morgan fingerprint density at radius 3 is 2.39 bits per heavy atom. The van der Waals surface area contributed by atoms with Crippen LogP contribution in [0.1, 0.15) is 18.6 Å². The molecule has 0 radical (unpaired) electrons. The molecule has 0 fully saturated rings. The van der Waals surface area contributed by atoms with E-state index in [0.717, 1.165) is 21.1 Å². The van der Waals surface area contributed by atoms with Gasteiger partial charge in [-0.15, -0.1) is 0 Å². The fourth-order valence-corrected chi connectivity index (χ4v) is 2.89. The molecule has 18 heavy (non-hydrogen) atoms. The minimum atomic E-state index is -0.549. The third-order valence-corrected chi connectivity index (χ3v) is 3.72. The summed E-state index contributed by atoms with van der Waals surface area (Å²) in [4.78, 5) is 2.17. The van der Waals surface area contributed by atoms with Crippen molar-refractivity contribution in [3.05, 3.63) is 54.1 Å². The number of aliphatic hydroxyl groups excluding tert-OH is 1. The first kappa shape index (κ1) is 13.0. The van der Waals surface area contributed by atoms with E-state index in [9.17, 15) is 5.11 Å². The summed E-state index contributed by atoms with van der Waals surface area (Å²) < 4.78 is 5.31. The van der Waals surface area contributed by atoms with Crippen molar-refractivity contribution in [3.63, 3.8) is 0 Å². The summed E-state index contributed by atoms with van der Waals surface area (Å²) in [6.07, 6.45) is -0.549. The summed E-state index contributed by atoms with van der Waals surface area (Å²) in [7, 11) is 1.62. The number of benzene rings is 2. The van der Waals surface area contributed by atoms with Gasteiger partial charge < -0.3 is 9.84 Å². The van der Waals surface area contributed by atoms with Crippen LogP contribution in [0, 0.1) is 0 Å². The van der Waals surface area contributed by atoms with Crippen LogP contribution in [0.5, 0.6) is 5.75 Å². The first-order valence-corrected chi connectivity index (χ1v) is 6.62. The normalized spacial score (nSPS) is 12.2. The van der Waals surface area contributed by atoms with Gasteiger partial charge in [0.2, 0.25) is 0 Å². The monoisotopic (exact) mass is 260 g/mol. The van der Waals surface area contributed by atoms with E-state index in [2.05, 4.69) is 12.1 Å². The Balaban J connectivity index is 2.38. The molecule has 1 atom stereocenters. The summed E-state index contributed by atoms with van der Waals surface area (Å²) >= 11 is 1.63. The van der Waals surface area contributed by atoms with E-state index in [-0.39, 0.29) is 0 Å². The van der Waals surface area contributed by atoms with Crippen LogP contribution in [0.15, 0.2) is 58.3 Å². The lowest BCUT2D eigenvalue weighted by Crippen LogP contribution is -1.98. The Labute approximate surface area is 112 Å². The van der Waals surface area contributed by atoms with Crippen LogP contribution >= 0.6 is 11.8 Å². The van der Waals surface area contributed by atoms with Gasteiger partial charge >= 0.3 is 0 Å². The Bertz CT molecular complexity index is 509. The maximum absolute atomic E-state index is 9.90. The van der Waals surface area contributed by atoms with Gasteiger partial charge in [0.1, 0.15) is 5.75 Å². The molecule has 2 nitrogen and oxygen atoms in total. The van der Waals surface area contributed by atoms with Crippen LogP contribution in [0.4, 0.5) is 0 Å². The predicted molar refractivity (Wildman–Crippen MR) is 74.2 cm³/mol. The highest BCUT2D eigenvalue weighted by Gasteiger charge is 2.14. The van der Waals surface area contributed by atoms with Gasteiger partial charge in [-0.2, -0.15) is 0 Å². The van der Waals surface area contributed by atoms with E-state index < -0.39 is 6.10 Å². The largest absolute Gasteiger partial charge is 0.496 e. The minimum absolute atomic E-state index is 0.549. The molecule has 94 valence electrons. The van der Waals surface area contributed by atoms with E-state index in [1.807, 2.05) is 36.4 Å². The highest BCUT2D eigenvalue weighted by Crippen LogP contribution is 2.38. The van der Waals surface area contributed by atoms with Crippen LogP contribution in [0.3, 0.4) is 0 Å². The molecule has 0 spiro atoms. The topological polar surface area (TPSA) is 29.5 Å². The third kappa shape index (κ3) is 2.86. The summed E-state index contributed by atoms with van der Waals surface area (Å²) in [6, 6.07) is 15.9. The number of rotatable bonds is 4. The Morgan fingerprint density at radius 2 is 1.78 bits per heavy atom. The van der Waals surface area contributed by atoms with Crippen molar-refractivity contribution >= 4 is 11.8 Å². The van der Waals surface area contributed by atoms with Crippen LogP contribution in [-0.4, -0.2) is 12.2 Å². The fraction of sp³-hybridized carbons (Fsp3) is 0.200. The molecule has 0 aliphatic carbocycles. The van der Waals surface area contributed by atoms with Crippen molar-refractivity contribution in [2.24, 2.45) is 0 Å². The van der Waals surface area contributed by atoms with Gasteiger partial charge in [-0.3, -0.25) is 0 Å². The van der Waals surface area contributed by atoms with E-state index in [1.54, 1.807) is 25.8 Å². The number of hydrogen-bond acceptors (Lipinski definition) is 3. The minimum Gasteiger partial charge on any atom is -0.496 e. The van der Waals surface area contributed by atoms with E-state index in [4.69, 9.17) is 4.74 Å². The quantitative estimate of drug-likeness (QED) is 0.904. The molecule has 0 heterocycles. The number of aliphatic hydroxyl groups is 1. The lowest BCUT2D eigenvalue weighted by Gasteiger charge is -2.15. The van der Waals surface area contributed by atoms with Gasteiger partial charge in [0.25, 0.3) is 0 Å². The lowest BCUT2D eigenvalue weighted by atomic mass is 10.1. The Hall–Kier alpha value is -1.45. The molecule has 0 aliphatic rings. The van der Waals surface area contributed by atoms with Crippen LogP contribution < -0.4 is 4.74 Å². The highest BCUT2D eigenvalue weighted by atomic mass is 32.2. The Kier molecular flexibility index (Phi) is 4.28. The maximum atomic E-state index is 9.90. The number of ether oxygens (including phenoxy) is 1. The van der Waals surface area contributed by atoms with Crippen LogP contribution in [0.2, 0.25) is 0 Å². The van der Waals surface area contributed by atoms with Crippen molar-refractivity contribution in [2.75, 3.05) is 7.11 Å². The second-order valence-corrected chi connectivity index (χ2v) is 5.08. The standard InChI is InChI=1S/C15H16O2S/c1-11(16)15-13(17-2)9-6-10-14(15)18-12-7-4-3-5-8-12/h3-11,16H,1-2H3. The molecule has 2 aromatic rings. The molecular weight excluding hydrogens is 244 g/mol. The summed E-state index contributed by atoms with van der Waals surface area (Å²) in [5.74, 6) is 0.728. The third-order valence-electron chi connectivity index (χ3n) is 2.63. The first-order valence-electron chi connectivity index (χ1n) is 5.80. The van der Waals surface area contributed by atoms with E-state index >= 15 is 0 Å². The van der Waals surface area contributed by atoms with Crippen LogP contribution in [0.25, 0.3) is 0 Å². The molecule has 2 aromatic carbocycles. The molecule has 1 unspecified atom stereocenters. The number of hydrogen-bond donors (Lipinski definition) is 1. The smallest absolute Gasteiger partial charge is 0.125 e. The second kappa shape index (κ2) is 5.94. The zero-order valence-electron chi connectivity index (χ0n) is 10.5. The molecule has 1 N–H and O–H groups in total. The van der Waals surface area contributed by atoms with Gasteiger partial charge in [-0.25, -0.2) is 0 Å². The van der Waals surface area contributed by atoms with Crippen molar-refractivity contribution in [3.8, 4) is 5.75 Å². The van der Waals surface area contributed by atoms with Gasteiger partial charge in [-0.05, 0) is 31.2 Å². The second-order valence-electron chi connectivity index (χ2n) is 3.96. The van der Waals surface area contributed by atoms with E-state index in [0.29, 0.717) is 0 Å². The fourth-order valence-electron chi connectivity index (χ4n) is 1.82. The predicted octanol–water partition coefficient (Wildman–Crippen LogP) is 3.90. The van der Waals surface area contributed by atoms with Crippen LogP contribution in [-0.2, 0) is 0 Å². The Morgan fingerprint density at radius 1 is 1.06 bits per heavy atom. The van der Waals surface area contributed by atoms with Gasteiger partial charge in [0.05, 0.1) is 13.2 Å². The molecule has 0 amide bonds. The van der Waals surface area contributed by atoms with Crippen molar-refractivity contribution in [1.29, 1.82) is 0 Å². The average molecular weight is 260 g/mol. The first-order chi connectivity index (χ1) is 8.72. The molecule has 3 heteroatoms.